The molecule has 0 aromatic heterocycles. The summed E-state index contributed by atoms with van der Waals surface area (Å²) in [5.41, 5.74) is 1.13. The first kappa shape index (κ1) is 19.8. The Labute approximate surface area is 154 Å². The van der Waals surface area contributed by atoms with Gasteiger partial charge in [0.15, 0.2) is 9.84 Å². The van der Waals surface area contributed by atoms with Crippen molar-refractivity contribution in [2.24, 2.45) is 0 Å². The molecule has 26 heavy (non-hydrogen) atoms. The number of benzene rings is 2. The molecule has 0 aliphatic heterocycles. The number of ether oxygens (including phenoxy) is 2. The van der Waals surface area contributed by atoms with E-state index < -0.39 is 9.84 Å². The third-order valence-corrected chi connectivity index (χ3v) is 4.29. The molecule has 0 saturated heterocycles. The van der Waals surface area contributed by atoms with E-state index in [4.69, 9.17) is 9.47 Å². The van der Waals surface area contributed by atoms with Crippen LogP contribution in [0.25, 0.3) is 0 Å². The minimum Gasteiger partial charge on any atom is -0.494 e. The number of amides is 1. The van der Waals surface area contributed by atoms with Crippen molar-refractivity contribution in [1.29, 1.82) is 0 Å². The van der Waals surface area contributed by atoms with E-state index in [9.17, 15) is 13.2 Å². The molecule has 0 fully saturated rings. The molecule has 0 bridgehead atoms. The number of hydrogen-bond donors (Lipinski definition) is 1. The minimum absolute atomic E-state index is 0.0369. The van der Waals surface area contributed by atoms with Gasteiger partial charge >= 0.3 is 0 Å². The average Bonchev–Trinajstić information content (AvgIpc) is 2.59. The highest BCUT2D eigenvalue weighted by Gasteiger charge is 2.08. The maximum absolute atomic E-state index is 12.1. The third kappa shape index (κ3) is 6.76. The molecule has 0 aliphatic rings. The van der Waals surface area contributed by atoms with Crippen LogP contribution >= 0.6 is 0 Å². The van der Waals surface area contributed by atoms with Crippen molar-refractivity contribution in [3.05, 3.63) is 59.7 Å². The first-order valence-electron chi connectivity index (χ1n) is 8.28. The van der Waals surface area contributed by atoms with Crippen molar-refractivity contribution in [2.75, 3.05) is 26.0 Å². The summed E-state index contributed by atoms with van der Waals surface area (Å²) in [6.07, 6.45) is 1.18. The fourth-order valence-corrected chi connectivity index (χ4v) is 3.09. The molecule has 0 aliphatic carbocycles. The van der Waals surface area contributed by atoms with Crippen LogP contribution in [0.2, 0.25) is 0 Å². The monoisotopic (exact) mass is 377 g/mol. The summed E-state index contributed by atoms with van der Waals surface area (Å²) < 4.78 is 33.4. The summed E-state index contributed by atoms with van der Waals surface area (Å²) >= 11 is 0. The molecule has 1 N–H and O–H groups in total. The summed E-state index contributed by atoms with van der Waals surface area (Å²) in [5.74, 6) is 1.22. The van der Waals surface area contributed by atoms with Gasteiger partial charge < -0.3 is 14.8 Å². The van der Waals surface area contributed by atoms with Crippen molar-refractivity contribution >= 4 is 15.7 Å². The fourth-order valence-electron chi connectivity index (χ4n) is 2.29. The molecule has 1 amide bonds. The van der Waals surface area contributed by atoms with E-state index in [1.165, 1.54) is 6.26 Å². The Hall–Kier alpha value is -2.54. The molecular formula is C19H23NO5S. The molecular weight excluding hydrogens is 354 g/mol. The standard InChI is InChI=1S/C19H23NO5S/c1-3-24-17-8-10-18(11-9-17)25-13-12-20-19(21)16-6-4-15(5-7-16)14-26(2,22)23/h4-11H,3,12-14H2,1-2H3,(H,20,21). The minimum atomic E-state index is -3.09. The molecule has 2 aromatic rings. The lowest BCUT2D eigenvalue weighted by Crippen LogP contribution is -2.28. The number of nitrogens with one attached hydrogen (secondary N) is 1. The van der Waals surface area contributed by atoms with Crippen LogP contribution in [0.1, 0.15) is 22.8 Å². The van der Waals surface area contributed by atoms with Gasteiger partial charge in [-0.2, -0.15) is 0 Å². The third-order valence-electron chi connectivity index (χ3n) is 3.44. The summed E-state index contributed by atoms with van der Waals surface area (Å²) in [7, 11) is -3.09. The van der Waals surface area contributed by atoms with Crippen LogP contribution in [-0.2, 0) is 15.6 Å². The van der Waals surface area contributed by atoms with Gasteiger partial charge in [0.05, 0.1) is 18.9 Å². The molecule has 2 rings (SSSR count). The number of rotatable bonds is 9. The van der Waals surface area contributed by atoms with Gasteiger partial charge in [-0.15, -0.1) is 0 Å². The van der Waals surface area contributed by atoms with Crippen molar-refractivity contribution in [3.63, 3.8) is 0 Å². The van der Waals surface area contributed by atoms with Crippen molar-refractivity contribution in [3.8, 4) is 11.5 Å². The van der Waals surface area contributed by atoms with Crippen LogP contribution in [0.4, 0.5) is 0 Å². The molecule has 0 heterocycles. The molecule has 0 unspecified atom stereocenters. The van der Waals surface area contributed by atoms with E-state index in [0.717, 1.165) is 5.75 Å². The highest BCUT2D eigenvalue weighted by molar-refractivity contribution is 7.89. The second kappa shape index (κ2) is 9.24. The van der Waals surface area contributed by atoms with E-state index in [1.54, 1.807) is 24.3 Å². The van der Waals surface area contributed by atoms with Crippen LogP contribution < -0.4 is 14.8 Å². The number of carbonyl (C=O) groups is 1. The Morgan fingerprint density at radius 1 is 0.962 bits per heavy atom. The zero-order valence-corrected chi connectivity index (χ0v) is 15.7. The van der Waals surface area contributed by atoms with Crippen molar-refractivity contribution in [2.45, 2.75) is 12.7 Å². The van der Waals surface area contributed by atoms with Crippen LogP contribution in [0.15, 0.2) is 48.5 Å². The largest absolute Gasteiger partial charge is 0.494 e. The van der Waals surface area contributed by atoms with Gasteiger partial charge in [0.25, 0.3) is 5.91 Å². The number of hydrogen-bond acceptors (Lipinski definition) is 5. The molecule has 7 heteroatoms. The smallest absolute Gasteiger partial charge is 0.251 e. The predicted octanol–water partition coefficient (Wildman–Crippen LogP) is 2.44. The van der Waals surface area contributed by atoms with Gasteiger partial charge in [-0.3, -0.25) is 4.79 Å². The normalized spacial score (nSPS) is 11.0. The second-order valence-corrected chi connectivity index (χ2v) is 7.92. The SMILES string of the molecule is CCOc1ccc(OCCNC(=O)c2ccc(CS(C)(=O)=O)cc2)cc1. The fraction of sp³-hybridized carbons (Fsp3) is 0.316. The number of carbonyl (C=O) groups excluding carboxylic acids is 1. The highest BCUT2D eigenvalue weighted by Crippen LogP contribution is 2.17. The van der Waals surface area contributed by atoms with Crippen LogP contribution in [0, 0.1) is 0 Å². The first-order chi connectivity index (χ1) is 12.4. The van der Waals surface area contributed by atoms with E-state index in [2.05, 4.69) is 5.32 Å². The maximum atomic E-state index is 12.1. The summed E-state index contributed by atoms with van der Waals surface area (Å²) in [6, 6.07) is 13.8. The molecule has 0 saturated carbocycles. The lowest BCUT2D eigenvalue weighted by atomic mass is 10.1. The Morgan fingerprint density at radius 3 is 2.08 bits per heavy atom. The second-order valence-electron chi connectivity index (χ2n) is 5.78. The number of sulfone groups is 1. The van der Waals surface area contributed by atoms with Gasteiger partial charge in [0.1, 0.15) is 18.1 Å². The Bertz CT molecular complexity index is 814. The Balaban J connectivity index is 1.76. The van der Waals surface area contributed by atoms with Gasteiger partial charge in [-0.1, -0.05) is 12.1 Å². The summed E-state index contributed by atoms with van der Waals surface area (Å²) in [6.45, 7) is 3.23. The quantitative estimate of drug-likeness (QED) is 0.679. The Morgan fingerprint density at radius 2 is 1.54 bits per heavy atom. The molecule has 140 valence electrons. The van der Waals surface area contributed by atoms with Gasteiger partial charge in [0, 0.05) is 11.8 Å². The van der Waals surface area contributed by atoms with E-state index in [1.807, 2.05) is 31.2 Å². The topological polar surface area (TPSA) is 81.7 Å². The van der Waals surface area contributed by atoms with Gasteiger partial charge in [-0.05, 0) is 48.9 Å². The zero-order valence-electron chi connectivity index (χ0n) is 14.9. The van der Waals surface area contributed by atoms with Crippen LogP contribution in [0.3, 0.4) is 0 Å². The van der Waals surface area contributed by atoms with Crippen LogP contribution in [-0.4, -0.2) is 40.3 Å². The van der Waals surface area contributed by atoms with Gasteiger partial charge in [0.2, 0.25) is 0 Å². The Kier molecular flexibility index (Phi) is 7.03. The van der Waals surface area contributed by atoms with E-state index in [0.29, 0.717) is 36.6 Å². The first-order valence-corrected chi connectivity index (χ1v) is 10.3. The molecule has 0 atom stereocenters. The van der Waals surface area contributed by atoms with Crippen molar-refractivity contribution in [1.82, 2.24) is 5.32 Å². The highest BCUT2D eigenvalue weighted by atomic mass is 32.2. The summed E-state index contributed by atoms with van der Waals surface area (Å²) in [5, 5.41) is 2.76. The molecule has 0 radical (unpaired) electrons. The summed E-state index contributed by atoms with van der Waals surface area (Å²) in [4.78, 5) is 12.1. The molecule has 2 aromatic carbocycles. The maximum Gasteiger partial charge on any atom is 0.251 e. The lowest BCUT2D eigenvalue weighted by Gasteiger charge is -2.09. The zero-order chi connectivity index (χ0) is 19.0. The predicted molar refractivity (Wildman–Crippen MR) is 100 cm³/mol. The van der Waals surface area contributed by atoms with Crippen molar-refractivity contribution < 1.29 is 22.7 Å². The molecule has 0 spiro atoms. The van der Waals surface area contributed by atoms with E-state index >= 15 is 0 Å². The average molecular weight is 377 g/mol. The lowest BCUT2D eigenvalue weighted by molar-refractivity contribution is 0.0947. The van der Waals surface area contributed by atoms with Gasteiger partial charge in [-0.25, -0.2) is 8.42 Å². The van der Waals surface area contributed by atoms with E-state index in [-0.39, 0.29) is 11.7 Å². The van der Waals surface area contributed by atoms with Crippen LogP contribution in [0.5, 0.6) is 11.5 Å². The molecule has 6 nitrogen and oxygen atoms in total.